The Hall–Kier alpha value is -6.99. The lowest BCUT2D eigenvalue weighted by atomic mass is 10.00. The van der Waals surface area contributed by atoms with Crippen molar-refractivity contribution in [3.63, 3.8) is 0 Å². The van der Waals surface area contributed by atoms with Crippen LogP contribution >= 0.6 is 0 Å². The Kier molecular flexibility index (Phi) is 27.5. The molecule has 0 unspecified atom stereocenters. The molecule has 16 N–H and O–H groups in total. The van der Waals surface area contributed by atoms with Gasteiger partial charge in [-0.25, -0.2) is 9.78 Å². The van der Waals surface area contributed by atoms with E-state index in [4.69, 9.17) is 11.5 Å². The van der Waals surface area contributed by atoms with Gasteiger partial charge in [-0.3, -0.25) is 43.2 Å². The first-order chi connectivity index (χ1) is 34.8. The number of unbranched alkanes of at least 4 members (excludes halogenated alkanes) is 1. The Bertz CT molecular complexity index is 2160. The lowest BCUT2D eigenvalue weighted by Gasteiger charge is -2.28. The summed E-state index contributed by atoms with van der Waals surface area (Å²) in [5, 5.41) is 50.0. The number of carboxylic acid groups (broad SMARTS) is 2. The van der Waals surface area contributed by atoms with E-state index in [1.165, 1.54) is 19.4 Å². The molecule has 412 valence electrons. The average Bonchev–Trinajstić information content (AvgIpc) is 3.84. The maximum Gasteiger partial charge on any atom is 0.326 e. The topological polar surface area (TPSA) is 408 Å². The maximum absolute atomic E-state index is 14.3. The number of benzene rings is 1. The van der Waals surface area contributed by atoms with Crippen LogP contribution in [0.3, 0.4) is 0 Å². The Morgan fingerprint density at radius 3 is 1.36 bits per heavy atom. The van der Waals surface area contributed by atoms with Crippen molar-refractivity contribution < 1.29 is 63.3 Å². The molecule has 0 fully saturated rings. The van der Waals surface area contributed by atoms with Gasteiger partial charge in [-0.1, -0.05) is 71.9 Å². The molecule has 8 amide bonds. The number of nitrogens with one attached hydrogen (secondary N) is 9. The maximum atomic E-state index is 14.3. The molecular weight excluding hydrogens is 965 g/mol. The first kappa shape index (κ1) is 63.1. The molecule has 0 aliphatic rings. The molecule has 0 radical (unpaired) electrons. The van der Waals surface area contributed by atoms with Crippen molar-refractivity contribution in [2.45, 2.75) is 161 Å². The first-order valence-electron chi connectivity index (χ1n) is 24.8. The van der Waals surface area contributed by atoms with E-state index in [2.05, 4.69) is 52.5 Å². The second-order valence-electron chi connectivity index (χ2n) is 19.5. The molecule has 1 aromatic carbocycles. The number of imidazole rings is 1. The molecule has 0 saturated carbocycles. The molecule has 25 nitrogen and oxygen atoms in total. The molecule has 1 heterocycles. The highest BCUT2D eigenvalue weighted by Gasteiger charge is 2.36. The summed E-state index contributed by atoms with van der Waals surface area (Å²) in [6.07, 6.45) is 2.61. The largest absolute Gasteiger partial charge is 0.481 e. The zero-order valence-electron chi connectivity index (χ0n) is 43.3. The fourth-order valence-electron chi connectivity index (χ4n) is 7.53. The Balaban J connectivity index is 2.43. The second kappa shape index (κ2) is 32.2. The van der Waals surface area contributed by atoms with Crippen molar-refractivity contribution in [2.24, 2.45) is 29.2 Å². The monoisotopic (exact) mass is 1040 g/mol. The molecule has 1 aromatic heterocycles. The van der Waals surface area contributed by atoms with E-state index in [1.807, 2.05) is 0 Å². The number of aromatic nitrogens is 2. The van der Waals surface area contributed by atoms with Gasteiger partial charge in [0.25, 0.3) is 0 Å². The van der Waals surface area contributed by atoms with Crippen LogP contribution in [0.5, 0.6) is 0 Å². The van der Waals surface area contributed by atoms with E-state index < -0.39 is 127 Å². The summed E-state index contributed by atoms with van der Waals surface area (Å²) in [5.74, 6) is -10.5. The highest BCUT2D eigenvalue weighted by Crippen LogP contribution is 2.13. The minimum absolute atomic E-state index is 0.0736. The van der Waals surface area contributed by atoms with E-state index in [1.54, 1.807) is 71.9 Å². The number of nitrogens with two attached hydrogens (primary N) is 2. The SMILES string of the molecule is CC(C)C[C@H](NC(=O)[C@H](C)N)C(=O)N[C@@H](CC(=O)O)C(=O)N[C@@H](CC(C)C)C(=O)N[C@@H](CO)C(=O)N[C@@H](Cc1cnc[nH]1)C(=O)N[C@@H](Cc1ccccc1)C(=O)N[C@@H](CC(C)C)C(=O)N[C@@H](CCCCN)C(=O)O. The highest BCUT2D eigenvalue weighted by molar-refractivity contribution is 5.99. The number of nitrogens with zero attached hydrogens (tertiary/aromatic N) is 1. The third-order valence-electron chi connectivity index (χ3n) is 11.4. The van der Waals surface area contributed by atoms with Crippen molar-refractivity contribution in [2.75, 3.05) is 13.2 Å². The van der Waals surface area contributed by atoms with Crippen LogP contribution in [0.2, 0.25) is 0 Å². The fourth-order valence-corrected chi connectivity index (χ4v) is 7.53. The molecule has 0 saturated heterocycles. The summed E-state index contributed by atoms with van der Waals surface area (Å²) in [5.41, 5.74) is 12.2. The Morgan fingerprint density at radius 1 is 0.541 bits per heavy atom. The molecule has 0 aliphatic heterocycles. The zero-order chi connectivity index (χ0) is 55.7. The van der Waals surface area contributed by atoms with Gasteiger partial charge in [-0.15, -0.1) is 0 Å². The quantitative estimate of drug-likeness (QED) is 0.0345. The summed E-state index contributed by atoms with van der Waals surface area (Å²) < 4.78 is 0. The predicted octanol–water partition coefficient (Wildman–Crippen LogP) is -1.76. The molecule has 25 heteroatoms. The Morgan fingerprint density at radius 2 is 0.946 bits per heavy atom. The third-order valence-corrected chi connectivity index (χ3v) is 11.4. The van der Waals surface area contributed by atoms with Crippen molar-refractivity contribution in [3.05, 3.63) is 54.1 Å². The molecule has 2 aromatic rings. The summed E-state index contributed by atoms with van der Waals surface area (Å²) >= 11 is 0. The number of aromatic amines is 1. The average molecular weight is 1040 g/mol. The minimum atomic E-state index is -1.75. The van der Waals surface area contributed by atoms with E-state index in [0.717, 1.165) is 0 Å². The number of aliphatic hydroxyl groups is 1. The van der Waals surface area contributed by atoms with Gasteiger partial charge in [-0.05, 0) is 75.3 Å². The van der Waals surface area contributed by atoms with Gasteiger partial charge in [0.2, 0.25) is 47.3 Å². The predicted molar refractivity (Wildman–Crippen MR) is 270 cm³/mol. The molecule has 74 heavy (non-hydrogen) atoms. The van der Waals surface area contributed by atoms with Crippen LogP contribution in [0.15, 0.2) is 42.9 Å². The second-order valence-corrected chi connectivity index (χ2v) is 19.5. The van der Waals surface area contributed by atoms with Crippen LogP contribution < -0.4 is 54.0 Å². The zero-order valence-corrected chi connectivity index (χ0v) is 43.3. The standard InChI is InChI=1S/C49H78N12O13/c1-26(2)17-33(55-41(65)29(7)51)43(67)60-38(22-40(63)64)47(71)57-35(19-28(5)6)44(68)61-39(24-62)48(72)59-37(21-31-23-52-25-53-31)46(70)58-36(20-30-13-9-8-10-14-30)45(69)56-34(18-27(3)4)42(66)54-32(49(73)74)15-11-12-16-50/h8-10,13-14,23,25-29,32-39,62H,11-12,15-22,24,50-51H2,1-7H3,(H,52,53)(H,54,66)(H,55,65)(H,56,69)(H,57,71)(H,58,70)(H,59,72)(H,60,67)(H,61,68)(H,63,64)(H,73,74)/t29-,32-,33-,34-,35-,36-,37-,38-,39-/m0/s1. The van der Waals surface area contributed by atoms with Gasteiger partial charge in [-0.2, -0.15) is 0 Å². The van der Waals surface area contributed by atoms with Gasteiger partial charge in [0.15, 0.2) is 0 Å². The van der Waals surface area contributed by atoms with Crippen molar-refractivity contribution in [1.82, 2.24) is 52.5 Å². The summed E-state index contributed by atoms with van der Waals surface area (Å²) in [6, 6.07) is -3.94. The van der Waals surface area contributed by atoms with E-state index in [9.17, 15) is 63.3 Å². The van der Waals surface area contributed by atoms with Crippen molar-refractivity contribution >= 4 is 59.2 Å². The molecule has 9 atom stereocenters. The number of carbonyl (C=O) groups excluding carboxylic acids is 8. The lowest BCUT2D eigenvalue weighted by molar-refractivity contribution is -0.143. The van der Waals surface area contributed by atoms with Crippen molar-refractivity contribution in [3.8, 4) is 0 Å². The van der Waals surface area contributed by atoms with E-state index in [0.29, 0.717) is 30.6 Å². The lowest BCUT2D eigenvalue weighted by Crippen LogP contribution is -2.61. The van der Waals surface area contributed by atoms with Gasteiger partial charge < -0.3 is 74.3 Å². The van der Waals surface area contributed by atoms with E-state index >= 15 is 0 Å². The molecule has 0 aliphatic carbocycles. The number of amides is 8. The molecule has 2 rings (SSSR count). The smallest absolute Gasteiger partial charge is 0.326 e. The minimum Gasteiger partial charge on any atom is -0.481 e. The number of rotatable bonds is 34. The Labute approximate surface area is 431 Å². The van der Waals surface area contributed by atoms with E-state index in [-0.39, 0.29) is 56.3 Å². The normalized spacial score (nSPS) is 14.9. The van der Waals surface area contributed by atoms with Crippen LogP contribution in [-0.4, -0.2) is 152 Å². The van der Waals surface area contributed by atoms with Gasteiger partial charge in [0.1, 0.15) is 48.3 Å². The number of H-pyrrole nitrogens is 1. The number of aliphatic hydroxyl groups excluding tert-OH is 1. The van der Waals surface area contributed by atoms with Crippen LogP contribution in [0.1, 0.15) is 105 Å². The molecule has 0 bridgehead atoms. The van der Waals surface area contributed by atoms with Crippen LogP contribution in [0.4, 0.5) is 0 Å². The number of hydrogen-bond acceptors (Lipinski definition) is 14. The third kappa shape index (κ3) is 23.3. The molecule has 0 spiro atoms. The number of carboxylic acids is 2. The van der Waals surface area contributed by atoms with Crippen LogP contribution in [0, 0.1) is 17.8 Å². The summed E-state index contributed by atoms with van der Waals surface area (Å²) in [4.78, 5) is 140. The number of carbonyl (C=O) groups is 10. The van der Waals surface area contributed by atoms with Crippen LogP contribution in [-0.2, 0) is 60.8 Å². The molecular formula is C49H78N12O13. The number of aliphatic carboxylic acids is 2. The summed E-state index contributed by atoms with van der Waals surface area (Å²) in [7, 11) is 0. The first-order valence-corrected chi connectivity index (χ1v) is 24.8. The fraction of sp³-hybridized carbons (Fsp3) is 0.612. The van der Waals surface area contributed by atoms with Crippen molar-refractivity contribution in [1.29, 1.82) is 0 Å². The van der Waals surface area contributed by atoms with Gasteiger partial charge >= 0.3 is 11.9 Å². The highest BCUT2D eigenvalue weighted by atomic mass is 16.4. The number of hydrogen-bond donors (Lipinski definition) is 14. The van der Waals surface area contributed by atoms with Crippen LogP contribution in [0.25, 0.3) is 0 Å². The van der Waals surface area contributed by atoms with Gasteiger partial charge in [0, 0.05) is 24.7 Å². The van der Waals surface area contributed by atoms with Gasteiger partial charge in [0.05, 0.1) is 25.4 Å². The summed E-state index contributed by atoms with van der Waals surface area (Å²) in [6.45, 7) is 11.3.